The Morgan fingerprint density at radius 2 is 1.71 bits per heavy atom. The van der Waals surface area contributed by atoms with Gasteiger partial charge in [0.1, 0.15) is 17.1 Å². The Morgan fingerprint density at radius 3 is 2.37 bits per heavy atom. The summed E-state index contributed by atoms with van der Waals surface area (Å²) < 4.78 is 49.8. The number of aromatic nitrogens is 2. The molecule has 3 N–H and O–H groups in total. The molecule has 0 radical (unpaired) electrons. The summed E-state index contributed by atoms with van der Waals surface area (Å²) in [5, 5.41) is 3.71. The predicted molar refractivity (Wildman–Crippen MR) is 118 cm³/mol. The van der Waals surface area contributed by atoms with Gasteiger partial charge < -0.3 is 15.4 Å². The van der Waals surface area contributed by atoms with Crippen LogP contribution in [0.2, 0.25) is 0 Å². The molecule has 0 saturated carbocycles. The van der Waals surface area contributed by atoms with Crippen LogP contribution in [0.3, 0.4) is 0 Å². The van der Waals surface area contributed by atoms with Crippen LogP contribution in [-0.2, 0) is 16.9 Å². The summed E-state index contributed by atoms with van der Waals surface area (Å²) in [6.07, 6.45) is -5.44. The molecule has 2 aromatic carbocycles. The molecular weight excluding hydrogens is 469 g/mol. The number of para-hydroxylation sites is 1. The smallest absolute Gasteiger partial charge is 0.425 e. The first-order valence-corrected chi connectivity index (χ1v) is 10.4. The lowest BCUT2D eigenvalue weighted by molar-refractivity contribution is -0.196. The third kappa shape index (κ3) is 3.96. The van der Waals surface area contributed by atoms with Crippen LogP contribution in [0, 0.1) is 0 Å². The van der Waals surface area contributed by atoms with E-state index in [-0.39, 0.29) is 24.5 Å². The number of aromatic amines is 1. The molecule has 0 unspecified atom stereocenters. The van der Waals surface area contributed by atoms with E-state index in [4.69, 9.17) is 4.74 Å². The number of hydrogen-bond donors (Lipinski definition) is 3. The summed E-state index contributed by atoms with van der Waals surface area (Å²) in [7, 11) is 0. The molecule has 0 fully saturated rings. The second kappa shape index (κ2) is 8.78. The number of rotatable bonds is 6. The zero-order valence-corrected chi connectivity index (χ0v) is 18.2. The number of hydrogen-bond acceptors (Lipinski definition) is 5. The fourth-order valence-corrected chi connectivity index (χ4v) is 3.91. The number of H-pyrrole nitrogens is 1. The lowest BCUT2D eigenvalue weighted by Gasteiger charge is -2.30. The highest BCUT2D eigenvalue weighted by Gasteiger charge is 2.68. The Labute approximate surface area is 195 Å². The molecule has 0 saturated heterocycles. The van der Waals surface area contributed by atoms with Crippen molar-refractivity contribution >= 4 is 17.6 Å². The van der Waals surface area contributed by atoms with Crippen molar-refractivity contribution < 1.29 is 27.5 Å². The summed E-state index contributed by atoms with van der Waals surface area (Å²) in [6.45, 7) is 1.51. The number of carbonyl (C=O) groups excluding carboxylic acids is 2. The van der Waals surface area contributed by atoms with Crippen LogP contribution in [-0.4, -0.2) is 34.1 Å². The highest BCUT2D eigenvalue weighted by Crippen LogP contribution is 2.45. The monoisotopic (exact) mass is 488 g/mol. The second-order valence-corrected chi connectivity index (χ2v) is 7.64. The van der Waals surface area contributed by atoms with Crippen molar-refractivity contribution in [3.63, 3.8) is 0 Å². The maximum absolute atomic E-state index is 14.6. The standard InChI is InChI=1S/C23H19F3N4O5/c1-2-35-15-11-7-6-10-14(15)18(31)29-22(23(24,25)26)16-17(27-20(22)33)30(21(34)28-19(16)32)12-13-8-4-3-5-9-13/h3-11H,2,12H2,1H3,(H,27,33)(H,29,31)(H,28,32,34)/t22-/m1/s1. The molecule has 4 rings (SSSR count). The van der Waals surface area contributed by atoms with Gasteiger partial charge in [-0.25, -0.2) is 4.79 Å². The molecule has 0 aliphatic carbocycles. The minimum absolute atomic E-state index is 0.00795. The van der Waals surface area contributed by atoms with Crippen LogP contribution in [0.4, 0.5) is 19.0 Å². The first kappa shape index (κ1) is 23.8. The Kier molecular flexibility index (Phi) is 5.97. The van der Waals surface area contributed by atoms with E-state index in [9.17, 15) is 32.3 Å². The van der Waals surface area contributed by atoms with Crippen LogP contribution < -0.4 is 26.6 Å². The molecule has 1 atom stereocenters. The van der Waals surface area contributed by atoms with Crippen molar-refractivity contribution in [1.29, 1.82) is 0 Å². The van der Waals surface area contributed by atoms with E-state index in [0.717, 1.165) is 4.57 Å². The van der Waals surface area contributed by atoms with Crippen LogP contribution in [0.5, 0.6) is 5.75 Å². The van der Waals surface area contributed by atoms with E-state index in [2.05, 4.69) is 0 Å². The molecule has 0 spiro atoms. The van der Waals surface area contributed by atoms with Gasteiger partial charge in [0.15, 0.2) is 0 Å². The molecule has 35 heavy (non-hydrogen) atoms. The van der Waals surface area contributed by atoms with Crippen molar-refractivity contribution in [2.24, 2.45) is 0 Å². The quantitative estimate of drug-likeness (QED) is 0.491. The Bertz CT molecular complexity index is 1420. The molecule has 1 aliphatic rings. The number of amides is 2. The molecule has 182 valence electrons. The average molecular weight is 488 g/mol. The normalized spacial score (nSPS) is 17.0. The lowest BCUT2D eigenvalue weighted by atomic mass is 9.91. The van der Waals surface area contributed by atoms with Gasteiger partial charge in [-0.15, -0.1) is 0 Å². The Morgan fingerprint density at radius 1 is 1.06 bits per heavy atom. The fourth-order valence-electron chi connectivity index (χ4n) is 3.91. The Hall–Kier alpha value is -4.35. The zero-order chi connectivity index (χ0) is 25.4. The molecular formula is C23H19F3N4O5. The van der Waals surface area contributed by atoms with Gasteiger partial charge in [0.05, 0.1) is 18.7 Å². The third-order valence-electron chi connectivity index (χ3n) is 5.49. The van der Waals surface area contributed by atoms with Crippen LogP contribution >= 0.6 is 0 Å². The zero-order valence-electron chi connectivity index (χ0n) is 18.2. The SMILES string of the molecule is CCOc1ccccc1C(=O)N[C@@]1(C(F)(F)F)C(=O)Nc2c1c(=O)[nH]c(=O)n2Cc1ccccc1. The molecule has 0 bridgehead atoms. The van der Waals surface area contributed by atoms with E-state index in [1.807, 2.05) is 10.3 Å². The number of nitrogens with zero attached hydrogens (tertiary/aromatic N) is 1. The number of anilines is 1. The van der Waals surface area contributed by atoms with Gasteiger partial charge in [-0.2, -0.15) is 13.2 Å². The summed E-state index contributed by atoms with van der Waals surface area (Å²) >= 11 is 0. The first-order valence-electron chi connectivity index (χ1n) is 10.4. The van der Waals surface area contributed by atoms with Gasteiger partial charge in [0.2, 0.25) is 0 Å². The van der Waals surface area contributed by atoms with Gasteiger partial charge in [0, 0.05) is 0 Å². The highest BCUT2D eigenvalue weighted by molar-refractivity contribution is 6.09. The van der Waals surface area contributed by atoms with Gasteiger partial charge in [-0.3, -0.25) is 23.9 Å². The molecule has 1 aliphatic heterocycles. The average Bonchev–Trinajstić information content (AvgIpc) is 3.11. The minimum Gasteiger partial charge on any atom is -0.493 e. The van der Waals surface area contributed by atoms with E-state index in [1.54, 1.807) is 42.6 Å². The first-order chi connectivity index (χ1) is 16.6. The van der Waals surface area contributed by atoms with Crippen LogP contribution in [0.15, 0.2) is 64.2 Å². The largest absolute Gasteiger partial charge is 0.493 e. The number of carbonyl (C=O) groups is 2. The third-order valence-corrected chi connectivity index (χ3v) is 5.49. The molecule has 12 heteroatoms. The molecule has 2 amide bonds. The number of ether oxygens (including phenoxy) is 1. The summed E-state index contributed by atoms with van der Waals surface area (Å²) in [5.74, 6) is -3.68. The number of benzene rings is 2. The second-order valence-electron chi connectivity index (χ2n) is 7.64. The summed E-state index contributed by atoms with van der Waals surface area (Å²) in [6, 6.07) is 13.8. The van der Waals surface area contributed by atoms with E-state index in [1.165, 1.54) is 24.3 Å². The minimum atomic E-state index is -5.44. The molecule has 1 aromatic heterocycles. The number of halogens is 3. The van der Waals surface area contributed by atoms with Crippen molar-refractivity contribution in [3.8, 4) is 5.75 Å². The van der Waals surface area contributed by atoms with Gasteiger partial charge in [0.25, 0.3) is 22.9 Å². The molecule has 9 nitrogen and oxygen atoms in total. The van der Waals surface area contributed by atoms with Crippen LogP contribution in [0.25, 0.3) is 0 Å². The van der Waals surface area contributed by atoms with Crippen molar-refractivity contribution in [1.82, 2.24) is 14.9 Å². The van der Waals surface area contributed by atoms with Gasteiger partial charge in [-0.1, -0.05) is 42.5 Å². The van der Waals surface area contributed by atoms with Gasteiger partial charge >= 0.3 is 11.9 Å². The van der Waals surface area contributed by atoms with Crippen molar-refractivity contribution in [2.75, 3.05) is 11.9 Å². The number of alkyl halides is 3. The maximum atomic E-state index is 14.6. The van der Waals surface area contributed by atoms with Crippen molar-refractivity contribution in [2.45, 2.75) is 25.2 Å². The van der Waals surface area contributed by atoms with Gasteiger partial charge in [-0.05, 0) is 24.6 Å². The topological polar surface area (TPSA) is 122 Å². The lowest BCUT2D eigenvalue weighted by Crippen LogP contribution is -2.62. The number of nitrogens with one attached hydrogen (secondary N) is 3. The van der Waals surface area contributed by atoms with E-state index < -0.39 is 46.2 Å². The van der Waals surface area contributed by atoms with Crippen LogP contribution in [0.1, 0.15) is 28.4 Å². The number of fused-ring (bicyclic) bond motifs is 1. The predicted octanol–water partition coefficient (Wildman–Crippen LogP) is 2.12. The summed E-state index contributed by atoms with van der Waals surface area (Å²) in [5.41, 5.74) is -7.11. The van der Waals surface area contributed by atoms with E-state index >= 15 is 0 Å². The molecule has 3 aromatic rings. The highest BCUT2D eigenvalue weighted by atomic mass is 19.4. The summed E-state index contributed by atoms with van der Waals surface area (Å²) in [4.78, 5) is 52.9. The maximum Gasteiger partial charge on any atom is 0.425 e. The van der Waals surface area contributed by atoms with E-state index in [0.29, 0.717) is 5.56 Å². The van der Waals surface area contributed by atoms with Crippen molar-refractivity contribution in [3.05, 3.63) is 92.1 Å². The Balaban J connectivity index is 1.89. The molecule has 2 heterocycles. The fraction of sp³-hybridized carbons (Fsp3) is 0.217.